The zero-order valence-corrected chi connectivity index (χ0v) is 15.2. The molecule has 1 N–H and O–H groups in total. The molecule has 0 saturated heterocycles. The summed E-state index contributed by atoms with van der Waals surface area (Å²) in [6.07, 6.45) is 1.66. The third-order valence-electron chi connectivity index (χ3n) is 4.46. The monoisotopic (exact) mass is 350 g/mol. The van der Waals surface area contributed by atoms with Gasteiger partial charge >= 0.3 is 0 Å². The molecular weight excluding hydrogens is 328 g/mol. The van der Waals surface area contributed by atoms with Gasteiger partial charge in [0.05, 0.1) is 20.1 Å². The van der Waals surface area contributed by atoms with Crippen molar-refractivity contribution in [3.05, 3.63) is 65.9 Å². The van der Waals surface area contributed by atoms with Gasteiger partial charge in [0.2, 0.25) is 11.8 Å². The largest absolute Gasteiger partial charge is 0.497 e. The van der Waals surface area contributed by atoms with Gasteiger partial charge in [0.15, 0.2) is 0 Å². The van der Waals surface area contributed by atoms with Gasteiger partial charge in [-0.05, 0) is 41.5 Å². The second-order valence-corrected chi connectivity index (χ2v) is 6.08. The molecular formula is C21H22N2O3. The van der Waals surface area contributed by atoms with E-state index in [0.717, 1.165) is 27.6 Å². The number of hydrogen-bond donors (Lipinski definition) is 1. The Morgan fingerprint density at radius 3 is 2.62 bits per heavy atom. The lowest BCUT2D eigenvalue weighted by molar-refractivity contribution is -0.122. The van der Waals surface area contributed by atoms with Crippen LogP contribution in [0.15, 0.2) is 54.7 Å². The first-order valence-corrected chi connectivity index (χ1v) is 8.45. The normalized spacial score (nSPS) is 11.8. The van der Waals surface area contributed by atoms with Crippen molar-refractivity contribution in [1.82, 2.24) is 10.3 Å². The molecule has 5 nitrogen and oxygen atoms in total. The van der Waals surface area contributed by atoms with E-state index < -0.39 is 0 Å². The molecule has 1 atom stereocenters. The number of amides is 1. The van der Waals surface area contributed by atoms with E-state index >= 15 is 0 Å². The zero-order chi connectivity index (χ0) is 18.5. The molecule has 0 radical (unpaired) electrons. The van der Waals surface area contributed by atoms with Crippen molar-refractivity contribution in [3.63, 3.8) is 0 Å². The van der Waals surface area contributed by atoms with E-state index in [0.29, 0.717) is 12.4 Å². The molecule has 0 aliphatic rings. The van der Waals surface area contributed by atoms with E-state index in [1.807, 2.05) is 55.5 Å². The van der Waals surface area contributed by atoms with E-state index in [9.17, 15) is 4.79 Å². The summed E-state index contributed by atoms with van der Waals surface area (Å²) < 4.78 is 10.5. The Morgan fingerprint density at radius 1 is 1.08 bits per heavy atom. The summed E-state index contributed by atoms with van der Waals surface area (Å²) in [6.45, 7) is 2.28. The third-order valence-corrected chi connectivity index (χ3v) is 4.46. The standard InChI is InChI=1S/C21H22N2O3/c1-14(20(24)23-13-18-5-4-10-22-21(18)26-3)15-6-7-17-12-19(25-2)9-8-16(17)11-15/h4-12,14H,13H2,1-3H3,(H,23,24)/t14-/m0/s1. The van der Waals surface area contributed by atoms with Gasteiger partial charge in [-0.3, -0.25) is 4.79 Å². The Labute approximate surface area is 153 Å². The molecule has 0 unspecified atom stereocenters. The SMILES string of the molecule is COc1ccc2cc([C@H](C)C(=O)NCc3cccnc3OC)ccc2c1. The number of hydrogen-bond acceptors (Lipinski definition) is 4. The first kappa shape index (κ1) is 17.7. The maximum absolute atomic E-state index is 12.6. The Bertz CT molecular complexity index is 924. The summed E-state index contributed by atoms with van der Waals surface area (Å²) in [5, 5.41) is 5.12. The Balaban J connectivity index is 1.72. The van der Waals surface area contributed by atoms with Crippen LogP contribution in [0.5, 0.6) is 11.6 Å². The van der Waals surface area contributed by atoms with Crippen LogP contribution >= 0.6 is 0 Å². The number of fused-ring (bicyclic) bond motifs is 1. The fraction of sp³-hybridized carbons (Fsp3) is 0.238. The van der Waals surface area contributed by atoms with Crippen LogP contribution in [0.3, 0.4) is 0 Å². The summed E-state index contributed by atoms with van der Waals surface area (Å²) in [4.78, 5) is 16.7. The molecule has 0 bridgehead atoms. The van der Waals surface area contributed by atoms with Crippen LogP contribution in [0.1, 0.15) is 24.0 Å². The molecule has 5 heteroatoms. The number of carbonyl (C=O) groups is 1. The number of nitrogens with one attached hydrogen (secondary N) is 1. The number of pyridine rings is 1. The summed E-state index contributed by atoms with van der Waals surface area (Å²) in [5.74, 6) is 1.05. The third kappa shape index (κ3) is 3.77. The highest BCUT2D eigenvalue weighted by Crippen LogP contribution is 2.25. The predicted octanol–water partition coefficient (Wildman–Crippen LogP) is 3.67. The highest BCUT2D eigenvalue weighted by Gasteiger charge is 2.16. The Hall–Kier alpha value is -3.08. The molecule has 134 valence electrons. The first-order chi connectivity index (χ1) is 12.6. The van der Waals surface area contributed by atoms with Gasteiger partial charge < -0.3 is 14.8 Å². The highest BCUT2D eigenvalue weighted by molar-refractivity contribution is 5.88. The molecule has 0 spiro atoms. The van der Waals surface area contributed by atoms with Crippen LogP contribution in [0.25, 0.3) is 10.8 Å². The average molecular weight is 350 g/mol. The molecule has 0 saturated carbocycles. The van der Waals surface area contributed by atoms with E-state index in [1.54, 1.807) is 20.4 Å². The number of carbonyl (C=O) groups excluding carboxylic acids is 1. The van der Waals surface area contributed by atoms with Crippen LogP contribution in [-0.4, -0.2) is 25.1 Å². The smallest absolute Gasteiger partial charge is 0.227 e. The van der Waals surface area contributed by atoms with Gasteiger partial charge in [-0.2, -0.15) is 0 Å². The molecule has 0 fully saturated rings. The van der Waals surface area contributed by atoms with Gasteiger partial charge in [0, 0.05) is 18.3 Å². The van der Waals surface area contributed by atoms with Gasteiger partial charge in [0.1, 0.15) is 5.75 Å². The summed E-state index contributed by atoms with van der Waals surface area (Å²) in [5.41, 5.74) is 1.82. The summed E-state index contributed by atoms with van der Waals surface area (Å²) in [7, 11) is 3.22. The van der Waals surface area contributed by atoms with Crippen LogP contribution in [0, 0.1) is 0 Å². The van der Waals surface area contributed by atoms with E-state index in [2.05, 4.69) is 10.3 Å². The maximum Gasteiger partial charge on any atom is 0.227 e. The molecule has 1 amide bonds. The van der Waals surface area contributed by atoms with Crippen molar-refractivity contribution in [1.29, 1.82) is 0 Å². The summed E-state index contributed by atoms with van der Waals surface area (Å²) in [6, 6.07) is 15.7. The average Bonchev–Trinajstić information content (AvgIpc) is 2.70. The van der Waals surface area contributed by atoms with Crippen molar-refractivity contribution in [2.75, 3.05) is 14.2 Å². The molecule has 0 aliphatic carbocycles. The quantitative estimate of drug-likeness (QED) is 0.737. The van der Waals surface area contributed by atoms with Crippen LogP contribution in [0.4, 0.5) is 0 Å². The minimum Gasteiger partial charge on any atom is -0.497 e. The van der Waals surface area contributed by atoms with Gasteiger partial charge in [-0.1, -0.05) is 30.3 Å². The van der Waals surface area contributed by atoms with Gasteiger partial charge in [-0.15, -0.1) is 0 Å². The van der Waals surface area contributed by atoms with Crippen LogP contribution in [0.2, 0.25) is 0 Å². The Kier molecular flexibility index (Phi) is 5.37. The van der Waals surface area contributed by atoms with Crippen molar-refractivity contribution in [2.45, 2.75) is 19.4 Å². The van der Waals surface area contributed by atoms with E-state index in [4.69, 9.17) is 9.47 Å². The van der Waals surface area contributed by atoms with Crippen molar-refractivity contribution >= 4 is 16.7 Å². The topological polar surface area (TPSA) is 60.5 Å². The molecule has 1 aromatic heterocycles. The number of aromatic nitrogens is 1. The molecule has 26 heavy (non-hydrogen) atoms. The Morgan fingerprint density at radius 2 is 1.85 bits per heavy atom. The van der Waals surface area contributed by atoms with E-state index in [-0.39, 0.29) is 11.8 Å². The molecule has 0 aliphatic heterocycles. The van der Waals surface area contributed by atoms with Crippen LogP contribution < -0.4 is 14.8 Å². The predicted molar refractivity (Wildman–Crippen MR) is 102 cm³/mol. The highest BCUT2D eigenvalue weighted by atomic mass is 16.5. The minimum absolute atomic E-state index is 0.0382. The maximum atomic E-state index is 12.6. The lowest BCUT2D eigenvalue weighted by Gasteiger charge is -2.14. The van der Waals surface area contributed by atoms with E-state index in [1.165, 1.54) is 0 Å². The number of methoxy groups -OCH3 is 2. The number of benzene rings is 2. The van der Waals surface area contributed by atoms with Crippen molar-refractivity contribution < 1.29 is 14.3 Å². The minimum atomic E-state index is -0.260. The lowest BCUT2D eigenvalue weighted by Crippen LogP contribution is -2.27. The number of nitrogens with zero attached hydrogens (tertiary/aromatic N) is 1. The van der Waals surface area contributed by atoms with Crippen LogP contribution in [-0.2, 0) is 11.3 Å². The van der Waals surface area contributed by atoms with Gasteiger partial charge in [-0.25, -0.2) is 4.98 Å². The lowest BCUT2D eigenvalue weighted by atomic mass is 9.97. The van der Waals surface area contributed by atoms with Gasteiger partial charge in [0.25, 0.3) is 0 Å². The summed E-state index contributed by atoms with van der Waals surface area (Å²) >= 11 is 0. The molecule has 1 heterocycles. The first-order valence-electron chi connectivity index (χ1n) is 8.45. The second-order valence-electron chi connectivity index (χ2n) is 6.08. The fourth-order valence-corrected chi connectivity index (χ4v) is 2.87. The van der Waals surface area contributed by atoms with Crippen molar-refractivity contribution in [2.24, 2.45) is 0 Å². The fourth-order valence-electron chi connectivity index (χ4n) is 2.87. The molecule has 2 aromatic carbocycles. The molecule has 3 aromatic rings. The van der Waals surface area contributed by atoms with Crippen molar-refractivity contribution in [3.8, 4) is 11.6 Å². The number of rotatable bonds is 6. The molecule has 3 rings (SSSR count). The second kappa shape index (κ2) is 7.87. The number of ether oxygens (including phenoxy) is 2. The zero-order valence-electron chi connectivity index (χ0n) is 15.2.